The molecule has 0 N–H and O–H groups in total. The van der Waals surface area contributed by atoms with Crippen molar-refractivity contribution in [2.75, 3.05) is 26.2 Å². The molecular formula is C15H17FN2O3. The molecule has 2 amide bonds. The quantitative estimate of drug-likeness (QED) is 0.763. The van der Waals surface area contributed by atoms with Gasteiger partial charge in [-0.05, 0) is 18.6 Å². The predicted octanol–water partition coefficient (Wildman–Crippen LogP) is 1.09. The number of Topliss-reactive ketones (excluding diaryl/α,β-unsaturated/α-hetero) is 1. The zero-order valence-electron chi connectivity index (χ0n) is 11.8. The van der Waals surface area contributed by atoms with Gasteiger partial charge in [-0.15, -0.1) is 0 Å². The number of benzene rings is 1. The van der Waals surface area contributed by atoms with Crippen LogP contribution in [-0.4, -0.2) is 53.6 Å². The average Bonchev–Trinajstić information content (AvgIpc) is 2.44. The Morgan fingerprint density at radius 2 is 1.86 bits per heavy atom. The Hall–Kier alpha value is -2.24. The Morgan fingerprint density at radius 1 is 1.19 bits per heavy atom. The van der Waals surface area contributed by atoms with E-state index in [1.165, 1.54) is 28.0 Å². The van der Waals surface area contributed by atoms with Crippen LogP contribution in [0.15, 0.2) is 24.3 Å². The fraction of sp³-hybridized carbons (Fsp3) is 0.400. The van der Waals surface area contributed by atoms with Crippen molar-refractivity contribution in [2.24, 2.45) is 0 Å². The number of ketones is 1. The molecule has 5 nitrogen and oxygen atoms in total. The smallest absolute Gasteiger partial charge is 0.243 e. The highest BCUT2D eigenvalue weighted by Crippen LogP contribution is 2.09. The summed E-state index contributed by atoms with van der Waals surface area (Å²) in [5, 5.41) is 0. The van der Waals surface area contributed by atoms with Crippen LogP contribution >= 0.6 is 0 Å². The molecule has 1 aliphatic rings. The molecule has 0 aromatic heterocycles. The molecule has 21 heavy (non-hydrogen) atoms. The Labute approximate surface area is 122 Å². The van der Waals surface area contributed by atoms with Gasteiger partial charge >= 0.3 is 0 Å². The maximum atomic E-state index is 13.1. The minimum atomic E-state index is -0.504. The van der Waals surface area contributed by atoms with E-state index in [4.69, 9.17) is 0 Å². The maximum Gasteiger partial charge on any atom is 0.243 e. The van der Waals surface area contributed by atoms with Gasteiger partial charge in [0.25, 0.3) is 0 Å². The predicted molar refractivity (Wildman–Crippen MR) is 74.2 cm³/mol. The summed E-state index contributed by atoms with van der Waals surface area (Å²) in [6.45, 7) is 2.17. The molecule has 0 atom stereocenters. The van der Waals surface area contributed by atoms with E-state index < -0.39 is 5.82 Å². The van der Waals surface area contributed by atoms with Crippen molar-refractivity contribution in [3.63, 3.8) is 0 Å². The van der Waals surface area contributed by atoms with E-state index in [-0.39, 0.29) is 42.8 Å². The molecule has 0 bridgehead atoms. The zero-order valence-corrected chi connectivity index (χ0v) is 11.8. The van der Waals surface area contributed by atoms with Crippen molar-refractivity contribution in [3.8, 4) is 0 Å². The van der Waals surface area contributed by atoms with E-state index in [9.17, 15) is 18.8 Å². The van der Waals surface area contributed by atoms with Gasteiger partial charge in [-0.1, -0.05) is 19.1 Å². The third-order valence-electron chi connectivity index (χ3n) is 3.33. The Morgan fingerprint density at radius 3 is 2.52 bits per heavy atom. The van der Waals surface area contributed by atoms with Gasteiger partial charge in [-0.25, -0.2) is 4.39 Å². The van der Waals surface area contributed by atoms with Crippen LogP contribution < -0.4 is 0 Å². The summed E-state index contributed by atoms with van der Waals surface area (Å²) >= 11 is 0. The van der Waals surface area contributed by atoms with Crippen LogP contribution in [0.2, 0.25) is 0 Å². The lowest BCUT2D eigenvalue weighted by Crippen LogP contribution is -2.54. The van der Waals surface area contributed by atoms with Crippen LogP contribution in [0.5, 0.6) is 0 Å². The summed E-state index contributed by atoms with van der Waals surface area (Å²) in [5.74, 6) is -1.30. The molecule has 1 fully saturated rings. The largest absolute Gasteiger partial charge is 0.332 e. The average molecular weight is 292 g/mol. The normalized spacial score (nSPS) is 15.5. The molecule has 1 saturated heterocycles. The Balaban J connectivity index is 2.02. The van der Waals surface area contributed by atoms with Crippen molar-refractivity contribution in [2.45, 2.75) is 13.3 Å². The number of carbonyl (C=O) groups is 3. The SMILES string of the molecule is CCCN1CC(=O)N(CC(=O)c2cccc(F)c2)CC1=O. The first-order chi connectivity index (χ1) is 10.0. The van der Waals surface area contributed by atoms with Crippen LogP contribution in [-0.2, 0) is 9.59 Å². The number of piperazine rings is 1. The molecule has 6 heteroatoms. The first-order valence-corrected chi connectivity index (χ1v) is 6.85. The number of hydrogen-bond acceptors (Lipinski definition) is 3. The minimum absolute atomic E-state index is 0.00308. The number of rotatable bonds is 5. The number of amides is 2. The molecule has 1 heterocycles. The first kappa shape index (κ1) is 15.2. The van der Waals surface area contributed by atoms with Crippen LogP contribution in [0.4, 0.5) is 4.39 Å². The van der Waals surface area contributed by atoms with Gasteiger partial charge in [-0.3, -0.25) is 14.4 Å². The highest BCUT2D eigenvalue weighted by atomic mass is 19.1. The van der Waals surface area contributed by atoms with E-state index in [0.717, 1.165) is 12.5 Å². The topological polar surface area (TPSA) is 57.7 Å². The summed E-state index contributed by atoms with van der Waals surface area (Å²) in [5.41, 5.74) is 0.200. The molecule has 0 spiro atoms. The molecule has 0 aliphatic carbocycles. The summed E-state index contributed by atoms with van der Waals surface area (Å²) in [7, 11) is 0. The fourth-order valence-electron chi connectivity index (χ4n) is 2.25. The van der Waals surface area contributed by atoms with Crippen molar-refractivity contribution < 1.29 is 18.8 Å². The number of hydrogen-bond donors (Lipinski definition) is 0. The number of carbonyl (C=O) groups excluding carboxylic acids is 3. The molecule has 112 valence electrons. The highest BCUT2D eigenvalue weighted by Gasteiger charge is 2.30. The van der Waals surface area contributed by atoms with Gasteiger partial charge in [-0.2, -0.15) is 0 Å². The lowest BCUT2D eigenvalue weighted by molar-refractivity contribution is -0.149. The summed E-state index contributed by atoms with van der Waals surface area (Å²) < 4.78 is 13.1. The van der Waals surface area contributed by atoms with Gasteiger partial charge in [0.2, 0.25) is 11.8 Å². The van der Waals surface area contributed by atoms with Crippen LogP contribution in [0.25, 0.3) is 0 Å². The highest BCUT2D eigenvalue weighted by molar-refractivity contribution is 6.01. The van der Waals surface area contributed by atoms with Crippen LogP contribution in [0, 0.1) is 5.82 Å². The second kappa shape index (κ2) is 6.47. The summed E-state index contributed by atoms with van der Waals surface area (Å²) in [6.07, 6.45) is 0.779. The van der Waals surface area contributed by atoms with Gasteiger partial charge in [0, 0.05) is 12.1 Å². The minimum Gasteiger partial charge on any atom is -0.332 e. The van der Waals surface area contributed by atoms with E-state index in [1.807, 2.05) is 6.92 Å². The van der Waals surface area contributed by atoms with Gasteiger partial charge in [0.05, 0.1) is 13.1 Å². The second-order valence-electron chi connectivity index (χ2n) is 5.00. The Bertz CT molecular complexity index is 574. The molecule has 2 rings (SSSR count). The molecule has 0 radical (unpaired) electrons. The number of halogens is 1. The van der Waals surface area contributed by atoms with Crippen molar-refractivity contribution in [1.82, 2.24) is 9.80 Å². The molecule has 1 aromatic carbocycles. The lowest BCUT2D eigenvalue weighted by atomic mass is 10.1. The number of nitrogens with zero attached hydrogens (tertiary/aromatic N) is 2. The molecule has 1 aliphatic heterocycles. The van der Waals surface area contributed by atoms with Gasteiger partial charge in [0.15, 0.2) is 5.78 Å². The zero-order chi connectivity index (χ0) is 15.4. The monoisotopic (exact) mass is 292 g/mol. The fourth-order valence-corrected chi connectivity index (χ4v) is 2.25. The molecule has 0 unspecified atom stereocenters. The molecular weight excluding hydrogens is 275 g/mol. The van der Waals surface area contributed by atoms with E-state index in [2.05, 4.69) is 0 Å². The van der Waals surface area contributed by atoms with Gasteiger partial charge < -0.3 is 9.80 Å². The third kappa shape index (κ3) is 3.65. The summed E-state index contributed by atoms with van der Waals surface area (Å²) in [4.78, 5) is 38.6. The van der Waals surface area contributed by atoms with Crippen LogP contribution in [0.3, 0.4) is 0 Å². The van der Waals surface area contributed by atoms with E-state index in [0.29, 0.717) is 6.54 Å². The standard InChI is InChI=1S/C15H17FN2O3/c1-2-6-17-9-15(21)18(10-14(17)20)8-13(19)11-4-3-5-12(16)7-11/h3-5,7H,2,6,8-10H2,1H3. The van der Waals surface area contributed by atoms with E-state index in [1.54, 1.807) is 0 Å². The lowest BCUT2D eigenvalue weighted by Gasteiger charge is -2.33. The summed E-state index contributed by atoms with van der Waals surface area (Å²) in [6, 6.07) is 5.30. The van der Waals surface area contributed by atoms with Crippen molar-refractivity contribution >= 4 is 17.6 Å². The first-order valence-electron chi connectivity index (χ1n) is 6.85. The van der Waals surface area contributed by atoms with Crippen molar-refractivity contribution in [3.05, 3.63) is 35.6 Å². The third-order valence-corrected chi connectivity index (χ3v) is 3.33. The maximum absolute atomic E-state index is 13.1. The van der Waals surface area contributed by atoms with Gasteiger partial charge in [0.1, 0.15) is 12.4 Å². The molecule has 1 aromatic rings. The van der Waals surface area contributed by atoms with Crippen molar-refractivity contribution in [1.29, 1.82) is 0 Å². The Kier molecular flexibility index (Phi) is 4.67. The second-order valence-corrected chi connectivity index (χ2v) is 5.00. The van der Waals surface area contributed by atoms with E-state index >= 15 is 0 Å². The van der Waals surface area contributed by atoms with Crippen LogP contribution in [0.1, 0.15) is 23.7 Å². The molecule has 0 saturated carbocycles.